The molecule has 0 N–H and O–H groups in total. The number of oxazole rings is 1. The first kappa shape index (κ1) is 7.98. The summed E-state index contributed by atoms with van der Waals surface area (Å²) >= 11 is 0. The molecule has 0 aliphatic carbocycles. The van der Waals surface area contributed by atoms with E-state index in [1.165, 1.54) is 0 Å². The minimum Gasteiger partial charge on any atom is -0.444 e. The molecule has 3 heteroatoms. The Hall–Kier alpha value is -1.64. The van der Waals surface area contributed by atoms with Gasteiger partial charge in [0.25, 0.3) is 0 Å². The summed E-state index contributed by atoms with van der Waals surface area (Å²) in [5.74, 6) is 0.656. The maximum absolute atomic E-state index is 5.27. The molecule has 0 fully saturated rings. The first-order valence-electron chi connectivity index (χ1n) is 4.11. The maximum Gasteiger partial charge on any atom is 0.226 e. The van der Waals surface area contributed by atoms with Crippen molar-refractivity contribution in [2.45, 2.75) is 13.8 Å². The van der Waals surface area contributed by atoms with Crippen LogP contribution < -0.4 is 0 Å². The van der Waals surface area contributed by atoms with Gasteiger partial charge in [0.05, 0.1) is 5.69 Å². The molecule has 2 rings (SSSR count). The van der Waals surface area contributed by atoms with Crippen LogP contribution in [0.25, 0.3) is 11.5 Å². The second-order valence-electron chi connectivity index (χ2n) is 2.98. The zero-order valence-electron chi connectivity index (χ0n) is 7.61. The summed E-state index contributed by atoms with van der Waals surface area (Å²) in [6, 6.07) is 3.84. The summed E-state index contributed by atoms with van der Waals surface area (Å²) < 4.78 is 5.27. The molecule has 2 aromatic heterocycles. The zero-order chi connectivity index (χ0) is 9.26. The zero-order valence-corrected chi connectivity index (χ0v) is 7.61. The summed E-state index contributed by atoms with van der Waals surface area (Å²) in [5, 5.41) is 0. The summed E-state index contributed by atoms with van der Waals surface area (Å²) in [4.78, 5) is 8.33. The van der Waals surface area contributed by atoms with E-state index < -0.39 is 0 Å². The van der Waals surface area contributed by atoms with Crippen LogP contribution in [0, 0.1) is 13.8 Å². The third kappa shape index (κ3) is 1.59. The molecule has 0 unspecified atom stereocenters. The van der Waals surface area contributed by atoms with Gasteiger partial charge in [-0.25, -0.2) is 4.98 Å². The predicted octanol–water partition coefficient (Wildman–Crippen LogP) is 2.35. The van der Waals surface area contributed by atoms with E-state index in [0.29, 0.717) is 5.89 Å². The summed E-state index contributed by atoms with van der Waals surface area (Å²) in [6.07, 6.45) is 3.40. The van der Waals surface area contributed by atoms with E-state index in [1.54, 1.807) is 12.5 Å². The molecule has 0 spiro atoms. The topological polar surface area (TPSA) is 38.9 Å². The highest BCUT2D eigenvalue weighted by atomic mass is 16.3. The lowest BCUT2D eigenvalue weighted by molar-refractivity contribution is 0.573. The number of aromatic nitrogens is 2. The van der Waals surface area contributed by atoms with Gasteiger partial charge in [-0.1, -0.05) is 0 Å². The monoisotopic (exact) mass is 174 g/mol. The van der Waals surface area contributed by atoms with Gasteiger partial charge in [-0.05, 0) is 26.0 Å². The molecule has 0 saturated heterocycles. The van der Waals surface area contributed by atoms with E-state index in [9.17, 15) is 0 Å². The first-order chi connectivity index (χ1) is 6.25. The van der Waals surface area contributed by atoms with Crippen LogP contribution in [-0.4, -0.2) is 9.97 Å². The van der Waals surface area contributed by atoms with Crippen LogP contribution in [0.5, 0.6) is 0 Å². The Morgan fingerprint density at radius 2 is 2.08 bits per heavy atom. The fourth-order valence-corrected chi connectivity index (χ4v) is 1.17. The largest absolute Gasteiger partial charge is 0.444 e. The number of hydrogen-bond donors (Lipinski definition) is 0. The second-order valence-corrected chi connectivity index (χ2v) is 2.98. The van der Waals surface area contributed by atoms with Crippen molar-refractivity contribution in [2.24, 2.45) is 0 Å². The van der Waals surface area contributed by atoms with Gasteiger partial charge in [0.15, 0.2) is 0 Å². The van der Waals surface area contributed by atoms with Gasteiger partial charge in [0, 0.05) is 17.5 Å². The lowest BCUT2D eigenvalue weighted by atomic mass is 10.2. The minimum atomic E-state index is 0.656. The van der Waals surface area contributed by atoms with Crippen LogP contribution in [0.4, 0.5) is 0 Å². The average molecular weight is 174 g/mol. The van der Waals surface area contributed by atoms with E-state index in [4.69, 9.17) is 4.42 Å². The maximum atomic E-state index is 5.27. The molecule has 2 aromatic rings. The van der Waals surface area contributed by atoms with Gasteiger partial charge < -0.3 is 4.42 Å². The normalized spacial score (nSPS) is 10.3. The van der Waals surface area contributed by atoms with E-state index in [1.807, 2.05) is 26.0 Å². The van der Waals surface area contributed by atoms with Gasteiger partial charge >= 0.3 is 0 Å². The minimum absolute atomic E-state index is 0.656. The second kappa shape index (κ2) is 3.01. The molecular formula is C10H10N2O. The number of aryl methyl sites for hydroxylation is 2. The molecule has 0 amide bonds. The van der Waals surface area contributed by atoms with E-state index in [0.717, 1.165) is 17.0 Å². The van der Waals surface area contributed by atoms with Crippen molar-refractivity contribution in [2.75, 3.05) is 0 Å². The van der Waals surface area contributed by atoms with Crippen molar-refractivity contribution < 1.29 is 4.42 Å². The summed E-state index contributed by atoms with van der Waals surface area (Å²) in [6.45, 7) is 3.85. The number of pyridine rings is 1. The Balaban J connectivity index is 2.46. The van der Waals surface area contributed by atoms with Crippen molar-refractivity contribution in [1.82, 2.24) is 9.97 Å². The lowest BCUT2D eigenvalue weighted by Crippen LogP contribution is -1.82. The predicted molar refractivity (Wildman–Crippen MR) is 49.2 cm³/mol. The van der Waals surface area contributed by atoms with Crippen LogP contribution in [-0.2, 0) is 0 Å². The first-order valence-corrected chi connectivity index (χ1v) is 4.11. The van der Waals surface area contributed by atoms with Gasteiger partial charge in [0.2, 0.25) is 5.89 Å². The Morgan fingerprint density at radius 1 is 1.23 bits per heavy atom. The van der Waals surface area contributed by atoms with Crippen molar-refractivity contribution in [3.63, 3.8) is 0 Å². The molecule has 0 aliphatic rings. The van der Waals surface area contributed by atoms with Crippen LogP contribution in [0.15, 0.2) is 29.0 Å². The van der Waals surface area contributed by atoms with Gasteiger partial charge in [0.1, 0.15) is 6.26 Å². The summed E-state index contributed by atoms with van der Waals surface area (Å²) in [5.41, 5.74) is 2.83. The van der Waals surface area contributed by atoms with Crippen molar-refractivity contribution in [3.8, 4) is 11.5 Å². The number of rotatable bonds is 1. The third-order valence-corrected chi connectivity index (χ3v) is 1.76. The average Bonchev–Trinajstić information content (AvgIpc) is 2.52. The molecular weight excluding hydrogens is 164 g/mol. The summed E-state index contributed by atoms with van der Waals surface area (Å²) in [7, 11) is 0. The molecule has 66 valence electrons. The Bertz CT molecular complexity index is 420. The van der Waals surface area contributed by atoms with E-state index >= 15 is 0 Å². The fourth-order valence-electron chi connectivity index (χ4n) is 1.17. The Morgan fingerprint density at radius 3 is 2.69 bits per heavy atom. The molecule has 0 bridgehead atoms. The molecule has 0 atom stereocenters. The van der Waals surface area contributed by atoms with Gasteiger partial charge in [-0.3, -0.25) is 4.98 Å². The number of hydrogen-bond acceptors (Lipinski definition) is 3. The standard InChI is InChI=1S/C10H10N2O/c1-7-5-9(3-4-11-7)10-12-8(2)6-13-10/h3-6H,1-2H3. The SMILES string of the molecule is Cc1cc(-c2nc(C)co2)ccn1. The van der Waals surface area contributed by atoms with E-state index in [2.05, 4.69) is 9.97 Å². The van der Waals surface area contributed by atoms with E-state index in [-0.39, 0.29) is 0 Å². The van der Waals surface area contributed by atoms with Crippen LogP contribution >= 0.6 is 0 Å². The molecule has 13 heavy (non-hydrogen) atoms. The lowest BCUT2D eigenvalue weighted by Gasteiger charge is -1.95. The highest BCUT2D eigenvalue weighted by Crippen LogP contribution is 2.17. The fraction of sp³-hybridized carbons (Fsp3) is 0.200. The van der Waals surface area contributed by atoms with Crippen molar-refractivity contribution in [1.29, 1.82) is 0 Å². The molecule has 0 radical (unpaired) electrons. The molecule has 3 nitrogen and oxygen atoms in total. The van der Waals surface area contributed by atoms with Crippen LogP contribution in [0.3, 0.4) is 0 Å². The smallest absolute Gasteiger partial charge is 0.226 e. The van der Waals surface area contributed by atoms with Gasteiger partial charge in [-0.15, -0.1) is 0 Å². The molecule has 0 aromatic carbocycles. The van der Waals surface area contributed by atoms with Crippen molar-refractivity contribution >= 4 is 0 Å². The highest BCUT2D eigenvalue weighted by molar-refractivity contribution is 5.52. The van der Waals surface area contributed by atoms with Crippen LogP contribution in [0.2, 0.25) is 0 Å². The Kier molecular flexibility index (Phi) is 1.85. The van der Waals surface area contributed by atoms with Crippen LogP contribution in [0.1, 0.15) is 11.4 Å². The third-order valence-electron chi connectivity index (χ3n) is 1.76. The van der Waals surface area contributed by atoms with Crippen molar-refractivity contribution in [3.05, 3.63) is 36.0 Å². The van der Waals surface area contributed by atoms with Gasteiger partial charge in [-0.2, -0.15) is 0 Å². The Labute approximate surface area is 76.5 Å². The highest BCUT2D eigenvalue weighted by Gasteiger charge is 2.03. The number of nitrogens with zero attached hydrogens (tertiary/aromatic N) is 2. The molecule has 0 aliphatic heterocycles. The molecule has 2 heterocycles. The molecule has 0 saturated carbocycles. The quantitative estimate of drug-likeness (QED) is 0.666.